The van der Waals surface area contributed by atoms with Crippen LogP contribution in [-0.2, 0) is 9.47 Å². The Labute approximate surface area is 125 Å². The molecule has 114 valence electrons. The molecule has 0 unspecified atom stereocenters. The van der Waals surface area contributed by atoms with E-state index in [1.54, 1.807) is 14.2 Å². The van der Waals surface area contributed by atoms with E-state index in [0.717, 1.165) is 12.8 Å². The number of alkyl halides is 3. The Morgan fingerprint density at radius 2 is 1.53 bits per heavy atom. The molecule has 0 N–H and O–H groups in total. The van der Waals surface area contributed by atoms with Crippen LogP contribution in [0.5, 0.6) is 0 Å². The molecule has 0 spiro atoms. The largest absolute Gasteiger partial charge is 0.384 e. The van der Waals surface area contributed by atoms with E-state index >= 15 is 0 Å². The molecule has 0 heterocycles. The molecular weight excluding hydrogens is 290 g/mol. The van der Waals surface area contributed by atoms with Gasteiger partial charge < -0.3 is 9.47 Å². The van der Waals surface area contributed by atoms with Gasteiger partial charge in [0.15, 0.2) is 0 Å². The highest BCUT2D eigenvalue weighted by Gasteiger charge is 2.41. The highest BCUT2D eigenvalue weighted by Crippen LogP contribution is 2.45. The lowest BCUT2D eigenvalue weighted by molar-refractivity contribution is -0.0496. The van der Waals surface area contributed by atoms with Crippen molar-refractivity contribution in [2.75, 3.05) is 27.4 Å². The molecule has 0 aliphatic heterocycles. The molecule has 5 heteroatoms. The van der Waals surface area contributed by atoms with Crippen molar-refractivity contribution in [3.63, 3.8) is 0 Å². The Morgan fingerprint density at radius 1 is 1.00 bits per heavy atom. The number of methoxy groups -OCH3 is 2. The highest BCUT2D eigenvalue weighted by atomic mass is 35.5. The maximum absolute atomic E-state index is 13.4. The van der Waals surface area contributed by atoms with Gasteiger partial charge in [0.1, 0.15) is 0 Å². The predicted octanol–water partition coefficient (Wildman–Crippen LogP) is 4.73. The molecule has 1 fully saturated rings. The molecule has 0 saturated heterocycles. The van der Waals surface area contributed by atoms with Crippen molar-refractivity contribution in [2.45, 2.75) is 49.5 Å². The Morgan fingerprint density at radius 3 is 1.95 bits per heavy atom. The minimum absolute atomic E-state index is 0.110. The third-order valence-electron chi connectivity index (χ3n) is 4.24. The van der Waals surface area contributed by atoms with Crippen molar-refractivity contribution >= 4 is 23.2 Å². The summed E-state index contributed by atoms with van der Waals surface area (Å²) in [6, 6.07) is 0. The first-order valence-electron chi connectivity index (χ1n) is 6.98. The van der Waals surface area contributed by atoms with E-state index in [-0.39, 0.29) is 11.8 Å². The number of rotatable bonds is 8. The van der Waals surface area contributed by atoms with Crippen LogP contribution >= 0.6 is 23.2 Å². The standard InChI is InChI=1S/C14H25Cl2FO2/c1-18-10-13(11-19-2,8-9-14(15,16)17)12-6-4-3-5-7-12/h12H,3-11H2,1-2H3. The summed E-state index contributed by atoms with van der Waals surface area (Å²) in [5.74, 6) is 0.497. The molecule has 1 saturated carbocycles. The van der Waals surface area contributed by atoms with Crippen molar-refractivity contribution in [2.24, 2.45) is 11.3 Å². The maximum atomic E-state index is 13.4. The van der Waals surface area contributed by atoms with Gasteiger partial charge in [0.05, 0.1) is 13.2 Å². The Balaban J connectivity index is 2.78. The molecule has 0 atom stereocenters. The van der Waals surface area contributed by atoms with Gasteiger partial charge in [0.25, 0.3) is 4.59 Å². The van der Waals surface area contributed by atoms with Crippen molar-refractivity contribution in [1.29, 1.82) is 0 Å². The molecule has 19 heavy (non-hydrogen) atoms. The van der Waals surface area contributed by atoms with E-state index in [1.807, 2.05) is 0 Å². The fourth-order valence-electron chi connectivity index (χ4n) is 3.31. The van der Waals surface area contributed by atoms with Crippen LogP contribution in [0.15, 0.2) is 0 Å². The highest BCUT2D eigenvalue weighted by molar-refractivity contribution is 6.47. The van der Waals surface area contributed by atoms with E-state index in [9.17, 15) is 4.39 Å². The Hall–Kier alpha value is 0.430. The second-order valence-corrected chi connectivity index (χ2v) is 7.07. The zero-order valence-electron chi connectivity index (χ0n) is 11.9. The van der Waals surface area contributed by atoms with Gasteiger partial charge in [-0.15, -0.1) is 0 Å². The SMILES string of the molecule is COCC(CCC(F)(Cl)Cl)(COC)C1CCCCC1. The number of ether oxygens (including phenoxy) is 2. The lowest BCUT2D eigenvalue weighted by Crippen LogP contribution is -2.41. The van der Waals surface area contributed by atoms with Gasteiger partial charge in [-0.3, -0.25) is 0 Å². The lowest BCUT2D eigenvalue weighted by Gasteiger charge is -2.42. The minimum atomic E-state index is -2.17. The fraction of sp³-hybridized carbons (Fsp3) is 1.00. The van der Waals surface area contributed by atoms with E-state index in [4.69, 9.17) is 32.7 Å². The quantitative estimate of drug-likeness (QED) is 0.603. The summed E-state index contributed by atoms with van der Waals surface area (Å²) in [6.07, 6.45) is 6.73. The summed E-state index contributed by atoms with van der Waals surface area (Å²) in [5, 5.41) is 0. The van der Waals surface area contributed by atoms with Gasteiger partial charge in [-0.2, -0.15) is 0 Å². The number of hydrogen-bond acceptors (Lipinski definition) is 2. The average Bonchev–Trinajstić information content (AvgIpc) is 2.37. The molecule has 0 aromatic carbocycles. The summed E-state index contributed by atoms with van der Waals surface area (Å²) in [6.45, 7) is 1.13. The molecule has 0 bridgehead atoms. The zero-order chi connectivity index (χ0) is 14.4. The van der Waals surface area contributed by atoms with Gasteiger partial charge in [0, 0.05) is 26.1 Å². The lowest BCUT2D eigenvalue weighted by atomic mass is 9.67. The summed E-state index contributed by atoms with van der Waals surface area (Å²) >= 11 is 11.0. The van der Waals surface area contributed by atoms with E-state index in [0.29, 0.717) is 25.6 Å². The monoisotopic (exact) mass is 314 g/mol. The minimum Gasteiger partial charge on any atom is -0.384 e. The van der Waals surface area contributed by atoms with Crippen LogP contribution in [0.4, 0.5) is 4.39 Å². The van der Waals surface area contributed by atoms with Crippen molar-refractivity contribution < 1.29 is 13.9 Å². The van der Waals surface area contributed by atoms with Gasteiger partial charge in [0.2, 0.25) is 0 Å². The van der Waals surface area contributed by atoms with Crippen LogP contribution in [-0.4, -0.2) is 32.0 Å². The third-order valence-corrected chi connectivity index (χ3v) is 4.62. The molecule has 0 aromatic rings. The second kappa shape index (κ2) is 8.02. The van der Waals surface area contributed by atoms with Crippen LogP contribution in [0.3, 0.4) is 0 Å². The molecule has 1 aliphatic rings. The van der Waals surface area contributed by atoms with E-state index in [1.165, 1.54) is 19.3 Å². The summed E-state index contributed by atoms with van der Waals surface area (Å²) in [7, 11) is 3.36. The molecule has 0 amide bonds. The first-order chi connectivity index (χ1) is 8.93. The average molecular weight is 315 g/mol. The van der Waals surface area contributed by atoms with E-state index in [2.05, 4.69) is 0 Å². The third kappa shape index (κ3) is 5.74. The van der Waals surface area contributed by atoms with Crippen LogP contribution in [0.25, 0.3) is 0 Å². The molecular formula is C14H25Cl2FO2. The Bertz CT molecular complexity index is 244. The van der Waals surface area contributed by atoms with Crippen molar-refractivity contribution in [1.82, 2.24) is 0 Å². The first kappa shape index (κ1) is 17.5. The van der Waals surface area contributed by atoms with Gasteiger partial charge in [-0.1, -0.05) is 42.5 Å². The second-order valence-electron chi connectivity index (χ2n) is 5.68. The van der Waals surface area contributed by atoms with E-state index < -0.39 is 4.59 Å². The molecule has 1 aliphatic carbocycles. The first-order valence-corrected chi connectivity index (χ1v) is 7.74. The smallest absolute Gasteiger partial charge is 0.257 e. The molecule has 0 radical (unpaired) electrons. The van der Waals surface area contributed by atoms with Crippen molar-refractivity contribution in [3.05, 3.63) is 0 Å². The van der Waals surface area contributed by atoms with Crippen molar-refractivity contribution in [3.8, 4) is 0 Å². The van der Waals surface area contributed by atoms with Gasteiger partial charge in [-0.05, 0) is 25.2 Å². The summed E-state index contributed by atoms with van der Waals surface area (Å²) in [5.41, 5.74) is -0.176. The normalized spacial score (nSPS) is 18.8. The van der Waals surface area contributed by atoms with Crippen LogP contribution in [0.2, 0.25) is 0 Å². The van der Waals surface area contributed by atoms with Gasteiger partial charge in [-0.25, -0.2) is 4.39 Å². The van der Waals surface area contributed by atoms with Crippen LogP contribution in [0.1, 0.15) is 44.9 Å². The molecule has 1 rings (SSSR count). The predicted molar refractivity (Wildman–Crippen MR) is 77.5 cm³/mol. The topological polar surface area (TPSA) is 18.5 Å². The van der Waals surface area contributed by atoms with Crippen LogP contribution in [0, 0.1) is 11.3 Å². The molecule has 2 nitrogen and oxygen atoms in total. The Kier molecular flexibility index (Phi) is 7.37. The fourth-order valence-corrected chi connectivity index (χ4v) is 3.50. The summed E-state index contributed by atoms with van der Waals surface area (Å²) in [4.78, 5) is 0. The number of hydrogen-bond donors (Lipinski definition) is 0. The van der Waals surface area contributed by atoms with Crippen LogP contribution < -0.4 is 0 Å². The zero-order valence-corrected chi connectivity index (χ0v) is 13.4. The maximum Gasteiger partial charge on any atom is 0.257 e. The molecule has 0 aromatic heterocycles. The number of halogens is 3. The van der Waals surface area contributed by atoms with Gasteiger partial charge >= 0.3 is 0 Å². The summed E-state index contributed by atoms with van der Waals surface area (Å²) < 4.78 is 22.0.